The average molecular weight is 245 g/mol. The standard InChI is InChI=1S/C13H11NO2S/c1-3-13-12(8-9(2)17-13)10-4-6-11(7-5-10)14(15)16/h3-8H,1H2,2H3. The first-order valence-corrected chi connectivity index (χ1v) is 5.91. The van der Waals surface area contributed by atoms with E-state index in [1.807, 2.05) is 13.0 Å². The minimum Gasteiger partial charge on any atom is -0.258 e. The van der Waals surface area contributed by atoms with Crippen LogP contribution in [0.3, 0.4) is 0 Å². The van der Waals surface area contributed by atoms with Gasteiger partial charge in [0.1, 0.15) is 0 Å². The van der Waals surface area contributed by atoms with E-state index in [-0.39, 0.29) is 5.69 Å². The third kappa shape index (κ3) is 2.26. The molecule has 4 heteroatoms. The van der Waals surface area contributed by atoms with Crippen LogP contribution in [0.4, 0.5) is 5.69 Å². The highest BCUT2D eigenvalue weighted by Gasteiger charge is 2.09. The molecule has 1 aromatic heterocycles. The van der Waals surface area contributed by atoms with Gasteiger partial charge in [-0.25, -0.2) is 0 Å². The molecule has 86 valence electrons. The summed E-state index contributed by atoms with van der Waals surface area (Å²) in [5.41, 5.74) is 2.17. The van der Waals surface area contributed by atoms with Gasteiger partial charge in [0.15, 0.2) is 0 Å². The third-order valence-electron chi connectivity index (χ3n) is 2.46. The van der Waals surface area contributed by atoms with Crippen molar-refractivity contribution in [1.82, 2.24) is 0 Å². The van der Waals surface area contributed by atoms with Crippen LogP contribution in [0, 0.1) is 17.0 Å². The van der Waals surface area contributed by atoms with Crippen LogP contribution in [-0.4, -0.2) is 4.92 Å². The Bertz CT molecular complexity index is 570. The van der Waals surface area contributed by atoms with Crippen molar-refractivity contribution in [2.24, 2.45) is 0 Å². The van der Waals surface area contributed by atoms with Gasteiger partial charge in [-0.05, 0) is 36.2 Å². The van der Waals surface area contributed by atoms with Crippen molar-refractivity contribution < 1.29 is 4.92 Å². The van der Waals surface area contributed by atoms with Crippen LogP contribution in [0.2, 0.25) is 0 Å². The van der Waals surface area contributed by atoms with Gasteiger partial charge in [0.25, 0.3) is 5.69 Å². The van der Waals surface area contributed by atoms with Gasteiger partial charge in [0, 0.05) is 21.9 Å². The van der Waals surface area contributed by atoms with Crippen molar-refractivity contribution >= 4 is 23.1 Å². The third-order valence-corrected chi connectivity index (χ3v) is 3.50. The molecule has 1 heterocycles. The van der Waals surface area contributed by atoms with Crippen LogP contribution in [0.1, 0.15) is 9.75 Å². The quantitative estimate of drug-likeness (QED) is 0.598. The molecule has 3 nitrogen and oxygen atoms in total. The van der Waals surface area contributed by atoms with Gasteiger partial charge in [-0.3, -0.25) is 10.1 Å². The number of nitrogens with zero attached hydrogens (tertiary/aromatic N) is 1. The lowest BCUT2D eigenvalue weighted by molar-refractivity contribution is -0.384. The molecule has 0 radical (unpaired) electrons. The molecule has 0 atom stereocenters. The van der Waals surface area contributed by atoms with Gasteiger partial charge in [0.2, 0.25) is 0 Å². The van der Waals surface area contributed by atoms with Crippen molar-refractivity contribution in [2.75, 3.05) is 0 Å². The minimum absolute atomic E-state index is 0.112. The highest BCUT2D eigenvalue weighted by molar-refractivity contribution is 7.13. The minimum atomic E-state index is -0.392. The molecule has 0 amide bonds. The molecule has 0 aliphatic heterocycles. The summed E-state index contributed by atoms with van der Waals surface area (Å²) in [6.45, 7) is 5.81. The molecule has 2 rings (SSSR count). The van der Waals surface area contributed by atoms with E-state index >= 15 is 0 Å². The molecule has 0 saturated heterocycles. The summed E-state index contributed by atoms with van der Waals surface area (Å²) in [7, 11) is 0. The van der Waals surface area contributed by atoms with E-state index in [1.54, 1.807) is 23.5 Å². The van der Waals surface area contributed by atoms with Crippen LogP contribution < -0.4 is 0 Å². The van der Waals surface area contributed by atoms with E-state index in [1.165, 1.54) is 17.0 Å². The van der Waals surface area contributed by atoms with E-state index in [0.29, 0.717) is 0 Å². The molecule has 17 heavy (non-hydrogen) atoms. The zero-order valence-corrected chi connectivity index (χ0v) is 10.2. The van der Waals surface area contributed by atoms with Crippen molar-refractivity contribution in [3.05, 3.63) is 56.8 Å². The van der Waals surface area contributed by atoms with Crippen LogP contribution in [0.15, 0.2) is 36.9 Å². The van der Waals surface area contributed by atoms with Crippen molar-refractivity contribution in [3.63, 3.8) is 0 Å². The van der Waals surface area contributed by atoms with Gasteiger partial charge in [-0.2, -0.15) is 0 Å². The summed E-state index contributed by atoms with van der Waals surface area (Å²) < 4.78 is 0. The molecule has 0 aliphatic rings. The van der Waals surface area contributed by atoms with Crippen LogP contribution in [0.25, 0.3) is 17.2 Å². The maximum Gasteiger partial charge on any atom is 0.269 e. The normalized spacial score (nSPS) is 10.2. The monoisotopic (exact) mass is 245 g/mol. The Kier molecular flexibility index (Phi) is 3.06. The molecule has 0 fully saturated rings. The van der Waals surface area contributed by atoms with E-state index in [0.717, 1.165) is 16.0 Å². The second-order valence-electron chi connectivity index (χ2n) is 3.64. The van der Waals surface area contributed by atoms with E-state index in [9.17, 15) is 10.1 Å². The lowest BCUT2D eigenvalue weighted by Gasteiger charge is -1.99. The Hall–Kier alpha value is -1.94. The first-order valence-electron chi connectivity index (χ1n) is 5.09. The number of nitro benzene ring substituents is 1. The Labute approximate surface area is 103 Å². The summed E-state index contributed by atoms with van der Waals surface area (Å²) in [4.78, 5) is 12.5. The van der Waals surface area contributed by atoms with Crippen molar-refractivity contribution in [3.8, 4) is 11.1 Å². The molecule has 0 aliphatic carbocycles. The van der Waals surface area contributed by atoms with Gasteiger partial charge < -0.3 is 0 Å². The fraction of sp³-hybridized carbons (Fsp3) is 0.0769. The van der Waals surface area contributed by atoms with Crippen LogP contribution in [0.5, 0.6) is 0 Å². The first-order chi connectivity index (χ1) is 8.11. The average Bonchev–Trinajstić information content (AvgIpc) is 2.70. The molecule has 0 bridgehead atoms. The topological polar surface area (TPSA) is 43.1 Å². The number of benzene rings is 1. The largest absolute Gasteiger partial charge is 0.269 e. The molecule has 0 saturated carbocycles. The van der Waals surface area contributed by atoms with Gasteiger partial charge >= 0.3 is 0 Å². The summed E-state index contributed by atoms with van der Waals surface area (Å²) in [5.74, 6) is 0. The Morgan fingerprint density at radius 1 is 1.35 bits per heavy atom. The van der Waals surface area contributed by atoms with Gasteiger partial charge in [0.05, 0.1) is 4.92 Å². The zero-order chi connectivity index (χ0) is 12.4. The Morgan fingerprint density at radius 2 is 2.00 bits per heavy atom. The lowest BCUT2D eigenvalue weighted by Crippen LogP contribution is -1.87. The SMILES string of the molecule is C=Cc1sc(C)cc1-c1ccc([N+](=O)[O-])cc1. The maximum atomic E-state index is 10.6. The van der Waals surface area contributed by atoms with Crippen molar-refractivity contribution in [2.45, 2.75) is 6.92 Å². The highest BCUT2D eigenvalue weighted by atomic mass is 32.1. The molecule has 0 unspecified atom stereocenters. The van der Waals surface area contributed by atoms with E-state index in [2.05, 4.69) is 12.6 Å². The number of nitro groups is 1. The Morgan fingerprint density at radius 3 is 2.53 bits per heavy atom. The zero-order valence-electron chi connectivity index (χ0n) is 9.34. The number of non-ortho nitro benzene ring substituents is 1. The summed E-state index contributed by atoms with van der Waals surface area (Å²) >= 11 is 1.67. The first kappa shape index (κ1) is 11.5. The molecular formula is C13H11NO2S. The van der Waals surface area contributed by atoms with Gasteiger partial charge in [-0.1, -0.05) is 12.7 Å². The van der Waals surface area contributed by atoms with Crippen molar-refractivity contribution in [1.29, 1.82) is 0 Å². The van der Waals surface area contributed by atoms with Crippen LogP contribution >= 0.6 is 11.3 Å². The molecule has 0 N–H and O–H groups in total. The second kappa shape index (κ2) is 4.51. The molecule has 1 aromatic carbocycles. The number of hydrogen-bond donors (Lipinski definition) is 0. The summed E-state index contributed by atoms with van der Waals surface area (Å²) in [6.07, 6.45) is 1.81. The van der Waals surface area contributed by atoms with Gasteiger partial charge in [-0.15, -0.1) is 11.3 Å². The number of hydrogen-bond acceptors (Lipinski definition) is 3. The predicted molar refractivity (Wildman–Crippen MR) is 71.2 cm³/mol. The highest BCUT2D eigenvalue weighted by Crippen LogP contribution is 2.32. The number of thiophene rings is 1. The number of aryl methyl sites for hydroxylation is 1. The maximum absolute atomic E-state index is 10.6. The molecule has 0 spiro atoms. The molecule has 2 aromatic rings. The fourth-order valence-electron chi connectivity index (χ4n) is 1.67. The summed E-state index contributed by atoms with van der Waals surface area (Å²) in [6, 6.07) is 8.66. The fourth-order valence-corrected chi connectivity index (χ4v) is 2.57. The summed E-state index contributed by atoms with van der Waals surface area (Å²) in [5, 5.41) is 10.6. The smallest absolute Gasteiger partial charge is 0.258 e. The van der Waals surface area contributed by atoms with E-state index < -0.39 is 4.92 Å². The number of rotatable bonds is 3. The predicted octanol–water partition coefficient (Wildman–Crippen LogP) is 4.27. The Balaban J connectivity index is 2.46. The van der Waals surface area contributed by atoms with Crippen LogP contribution in [-0.2, 0) is 0 Å². The second-order valence-corrected chi connectivity index (χ2v) is 4.93. The lowest BCUT2D eigenvalue weighted by atomic mass is 10.1. The van der Waals surface area contributed by atoms with E-state index in [4.69, 9.17) is 0 Å². The molecular weight excluding hydrogens is 234 g/mol.